The van der Waals surface area contributed by atoms with E-state index in [1.807, 2.05) is 47.7 Å². The molecule has 0 N–H and O–H groups in total. The summed E-state index contributed by atoms with van der Waals surface area (Å²) in [5.74, 6) is 1.49. The van der Waals surface area contributed by atoms with Crippen LogP contribution >= 0.6 is 46.3 Å². The molecule has 0 saturated heterocycles. The van der Waals surface area contributed by atoms with E-state index in [0.29, 0.717) is 39.3 Å². The van der Waals surface area contributed by atoms with Crippen LogP contribution in [0.3, 0.4) is 0 Å². The number of hydrogen-bond donors (Lipinski definition) is 0. The quantitative estimate of drug-likeness (QED) is 0.211. The maximum absolute atomic E-state index is 14.1. The first kappa shape index (κ1) is 24.9. The van der Waals surface area contributed by atoms with Gasteiger partial charge in [-0.15, -0.1) is 21.5 Å². The number of rotatable bonds is 5. The van der Waals surface area contributed by atoms with E-state index in [4.69, 9.17) is 27.9 Å². The SMILES string of the molecule is Cc1cccc(-n2c(=O)c3c4c(sc3n3c(SCc5ccc(Cl)c(Cl)c5)nnc23)CO[C@@H](C(C)C)C4)c1. The average Bonchev–Trinajstić information content (AvgIpc) is 3.46. The third-order valence-electron chi connectivity index (χ3n) is 6.70. The molecule has 10 heteroatoms. The molecule has 1 atom stereocenters. The Morgan fingerprint density at radius 2 is 2.00 bits per heavy atom. The highest BCUT2D eigenvalue weighted by Gasteiger charge is 2.30. The molecule has 0 amide bonds. The Labute approximate surface area is 232 Å². The average molecular weight is 572 g/mol. The molecule has 5 aromatic rings. The van der Waals surface area contributed by atoms with Crippen LogP contribution in [0.25, 0.3) is 21.7 Å². The van der Waals surface area contributed by atoms with Crippen molar-refractivity contribution in [2.24, 2.45) is 5.92 Å². The number of hydrogen-bond acceptors (Lipinski definition) is 6. The Bertz CT molecular complexity index is 1720. The summed E-state index contributed by atoms with van der Waals surface area (Å²) in [4.78, 5) is 16.1. The molecule has 6 nitrogen and oxygen atoms in total. The van der Waals surface area contributed by atoms with Crippen LogP contribution < -0.4 is 5.56 Å². The van der Waals surface area contributed by atoms with Gasteiger partial charge in [0.25, 0.3) is 5.56 Å². The summed E-state index contributed by atoms with van der Waals surface area (Å²) in [6.45, 7) is 6.84. The highest BCUT2D eigenvalue weighted by Crippen LogP contribution is 2.38. The summed E-state index contributed by atoms with van der Waals surface area (Å²) in [5, 5.41) is 11.5. The van der Waals surface area contributed by atoms with E-state index in [0.717, 1.165) is 43.9 Å². The lowest BCUT2D eigenvalue weighted by atomic mass is 9.96. The Kier molecular flexibility index (Phi) is 6.57. The molecule has 0 unspecified atom stereocenters. The Hall–Kier alpha value is -2.36. The van der Waals surface area contributed by atoms with Gasteiger partial charge < -0.3 is 4.74 Å². The molecule has 190 valence electrons. The minimum absolute atomic E-state index is 0.0663. The van der Waals surface area contributed by atoms with Crippen LogP contribution in [0.15, 0.2) is 52.4 Å². The van der Waals surface area contributed by atoms with E-state index in [1.165, 1.54) is 0 Å². The summed E-state index contributed by atoms with van der Waals surface area (Å²) in [6, 6.07) is 13.5. The van der Waals surface area contributed by atoms with E-state index in [-0.39, 0.29) is 11.7 Å². The van der Waals surface area contributed by atoms with Crippen molar-refractivity contribution in [1.29, 1.82) is 0 Å². The molecule has 37 heavy (non-hydrogen) atoms. The van der Waals surface area contributed by atoms with Gasteiger partial charge in [-0.3, -0.25) is 4.79 Å². The summed E-state index contributed by atoms with van der Waals surface area (Å²) in [5.41, 5.74) is 3.89. The second-order valence-electron chi connectivity index (χ2n) is 9.62. The van der Waals surface area contributed by atoms with Gasteiger partial charge in [-0.2, -0.15) is 0 Å². The van der Waals surface area contributed by atoms with Gasteiger partial charge in [-0.25, -0.2) is 8.97 Å². The standard InChI is InChI=1S/C27H24Cl2N4O2S2/c1-14(2)21-11-18-22(12-35-21)37-25-23(18)24(34)32(17-6-4-5-15(3)9-17)26-30-31-27(33(25)26)36-13-16-7-8-19(28)20(29)10-16/h4-10,14,21H,11-13H2,1-3H3/t21-/m1/s1. The molecule has 3 aromatic heterocycles. The van der Waals surface area contributed by atoms with Gasteiger partial charge >= 0.3 is 0 Å². The highest BCUT2D eigenvalue weighted by atomic mass is 35.5. The summed E-state index contributed by atoms with van der Waals surface area (Å²) >= 11 is 15.5. The second-order valence-corrected chi connectivity index (χ2v) is 12.5. The van der Waals surface area contributed by atoms with Crippen molar-refractivity contribution in [3.63, 3.8) is 0 Å². The predicted octanol–water partition coefficient (Wildman–Crippen LogP) is 7.10. The first-order valence-corrected chi connectivity index (χ1v) is 14.6. The molecule has 0 spiro atoms. The maximum Gasteiger partial charge on any atom is 0.268 e. The third-order valence-corrected chi connectivity index (χ3v) is 9.63. The number of ether oxygens (including phenoxy) is 1. The lowest BCUT2D eigenvalue weighted by Crippen LogP contribution is -2.28. The number of benzene rings is 2. The molecular weight excluding hydrogens is 547 g/mol. The third kappa shape index (κ3) is 4.38. The smallest absolute Gasteiger partial charge is 0.268 e. The molecule has 6 rings (SSSR count). The van der Waals surface area contributed by atoms with E-state index in [2.05, 4.69) is 24.0 Å². The number of thioether (sulfide) groups is 1. The fourth-order valence-corrected chi connectivity index (χ4v) is 7.23. The molecule has 1 aliphatic rings. The number of fused-ring (bicyclic) bond motifs is 5. The van der Waals surface area contributed by atoms with E-state index >= 15 is 0 Å². The van der Waals surface area contributed by atoms with Crippen molar-refractivity contribution in [2.75, 3.05) is 0 Å². The van der Waals surface area contributed by atoms with Gasteiger partial charge in [-0.1, -0.05) is 67.0 Å². The first-order chi connectivity index (χ1) is 17.8. The minimum Gasteiger partial charge on any atom is -0.372 e. The van der Waals surface area contributed by atoms with Crippen molar-refractivity contribution in [3.05, 3.63) is 84.4 Å². The fourth-order valence-electron chi connectivity index (χ4n) is 4.74. The molecule has 0 bridgehead atoms. The number of halogens is 2. The predicted molar refractivity (Wildman–Crippen MR) is 152 cm³/mol. The number of aromatic nitrogens is 4. The number of thiophene rings is 1. The van der Waals surface area contributed by atoms with Crippen molar-refractivity contribution >= 4 is 62.3 Å². The molecule has 2 aromatic carbocycles. The van der Waals surface area contributed by atoms with Gasteiger partial charge in [0.2, 0.25) is 5.78 Å². The maximum atomic E-state index is 14.1. The topological polar surface area (TPSA) is 61.4 Å². The second kappa shape index (κ2) is 9.75. The van der Waals surface area contributed by atoms with Gasteiger partial charge in [0.1, 0.15) is 4.83 Å². The Balaban J connectivity index is 1.57. The van der Waals surface area contributed by atoms with Crippen LogP contribution in [0, 0.1) is 12.8 Å². The van der Waals surface area contributed by atoms with E-state index in [1.54, 1.807) is 33.7 Å². The molecule has 0 aliphatic carbocycles. The first-order valence-electron chi connectivity index (χ1n) is 12.0. The zero-order valence-corrected chi connectivity index (χ0v) is 23.6. The van der Waals surface area contributed by atoms with Crippen molar-refractivity contribution < 1.29 is 4.74 Å². The lowest BCUT2D eigenvalue weighted by Gasteiger charge is -2.26. The van der Waals surface area contributed by atoms with Crippen LogP contribution in [0.5, 0.6) is 0 Å². The normalized spacial score (nSPS) is 15.7. The fraction of sp³-hybridized carbons (Fsp3) is 0.296. The van der Waals surface area contributed by atoms with Crippen molar-refractivity contribution in [3.8, 4) is 5.69 Å². The molecule has 0 fully saturated rings. The highest BCUT2D eigenvalue weighted by molar-refractivity contribution is 7.98. The minimum atomic E-state index is -0.0663. The number of aryl methyl sites for hydroxylation is 1. The largest absolute Gasteiger partial charge is 0.372 e. The summed E-state index contributed by atoms with van der Waals surface area (Å²) in [6.07, 6.45) is 0.798. The van der Waals surface area contributed by atoms with Gasteiger partial charge in [-0.05, 0) is 53.8 Å². The van der Waals surface area contributed by atoms with E-state index in [9.17, 15) is 4.79 Å². The van der Waals surface area contributed by atoms with Crippen LogP contribution in [0.1, 0.15) is 35.4 Å². The van der Waals surface area contributed by atoms with E-state index < -0.39 is 0 Å². The zero-order valence-electron chi connectivity index (χ0n) is 20.5. The zero-order chi connectivity index (χ0) is 25.8. The summed E-state index contributed by atoms with van der Waals surface area (Å²) in [7, 11) is 0. The monoisotopic (exact) mass is 570 g/mol. The molecule has 1 aliphatic heterocycles. The van der Waals surface area contributed by atoms with Gasteiger partial charge in [0.15, 0.2) is 5.16 Å². The lowest BCUT2D eigenvalue weighted by molar-refractivity contribution is 0.00200. The van der Waals surface area contributed by atoms with Gasteiger partial charge in [0.05, 0.1) is 33.8 Å². The van der Waals surface area contributed by atoms with Crippen molar-refractivity contribution in [1.82, 2.24) is 19.2 Å². The molecule has 0 radical (unpaired) electrons. The Morgan fingerprint density at radius 1 is 1.16 bits per heavy atom. The Morgan fingerprint density at radius 3 is 2.76 bits per heavy atom. The molecular formula is C27H24Cl2N4O2S2. The summed E-state index contributed by atoms with van der Waals surface area (Å²) < 4.78 is 9.86. The molecule has 4 heterocycles. The van der Waals surface area contributed by atoms with Crippen LogP contribution in [-0.2, 0) is 23.5 Å². The number of nitrogens with zero attached hydrogens (tertiary/aromatic N) is 4. The van der Waals surface area contributed by atoms with Crippen LogP contribution in [0.2, 0.25) is 10.0 Å². The van der Waals surface area contributed by atoms with Crippen LogP contribution in [-0.4, -0.2) is 25.3 Å². The van der Waals surface area contributed by atoms with Crippen molar-refractivity contribution in [2.45, 2.75) is 50.8 Å². The van der Waals surface area contributed by atoms with Gasteiger partial charge in [0, 0.05) is 17.1 Å². The van der Waals surface area contributed by atoms with Crippen LogP contribution in [0.4, 0.5) is 0 Å². The molecule has 0 saturated carbocycles.